The van der Waals surface area contributed by atoms with Crippen molar-refractivity contribution in [1.29, 1.82) is 0 Å². The van der Waals surface area contributed by atoms with Gasteiger partial charge in [0.25, 0.3) is 0 Å². The van der Waals surface area contributed by atoms with E-state index in [9.17, 15) is 8.42 Å². The van der Waals surface area contributed by atoms with Crippen LogP contribution in [0.2, 0.25) is 0 Å². The first kappa shape index (κ1) is 14.7. The second-order valence-corrected chi connectivity index (χ2v) is 7.52. The summed E-state index contributed by atoms with van der Waals surface area (Å²) in [6.07, 6.45) is 2.90. The largest absolute Gasteiger partial charge is 0.473 e. The highest BCUT2D eigenvalue weighted by atomic mass is 79.9. The van der Waals surface area contributed by atoms with E-state index in [1.54, 1.807) is 12.3 Å². The number of sulfonamides is 1. The molecule has 0 saturated carbocycles. The molecule has 7 heteroatoms. The molecule has 0 amide bonds. The standard InChI is InChI=1S/C12H17BrN2O3S/c1-2-7-19(16,17)15-6-5-11(9-15)18-12-4-3-10(13)8-14-12/h3-4,8,11H,2,5-7,9H2,1H3. The van der Waals surface area contributed by atoms with Gasteiger partial charge in [-0.1, -0.05) is 6.92 Å². The van der Waals surface area contributed by atoms with Crippen LogP contribution in [0.1, 0.15) is 19.8 Å². The van der Waals surface area contributed by atoms with Crippen molar-refractivity contribution in [3.63, 3.8) is 0 Å². The Balaban J connectivity index is 1.94. The number of rotatable bonds is 5. The lowest BCUT2D eigenvalue weighted by molar-refractivity contribution is 0.207. The Hall–Kier alpha value is -0.660. The van der Waals surface area contributed by atoms with Gasteiger partial charge in [0.05, 0.1) is 12.3 Å². The van der Waals surface area contributed by atoms with Gasteiger partial charge in [-0.3, -0.25) is 0 Å². The molecule has 0 radical (unpaired) electrons. The van der Waals surface area contributed by atoms with Crippen LogP contribution in [0.4, 0.5) is 0 Å². The fourth-order valence-corrected chi connectivity index (χ4v) is 3.82. The summed E-state index contributed by atoms with van der Waals surface area (Å²) in [4.78, 5) is 4.13. The molecule has 0 N–H and O–H groups in total. The predicted molar refractivity (Wildman–Crippen MR) is 76.6 cm³/mol. The molecule has 106 valence electrons. The van der Waals surface area contributed by atoms with Gasteiger partial charge in [0, 0.05) is 23.3 Å². The van der Waals surface area contributed by atoms with Crippen LogP contribution in [0, 0.1) is 0 Å². The van der Waals surface area contributed by atoms with E-state index in [1.165, 1.54) is 4.31 Å². The summed E-state index contributed by atoms with van der Waals surface area (Å²) < 4.78 is 31.9. The lowest BCUT2D eigenvalue weighted by Crippen LogP contribution is -2.32. The lowest BCUT2D eigenvalue weighted by Gasteiger charge is -2.16. The van der Waals surface area contributed by atoms with Crippen LogP contribution in [0.25, 0.3) is 0 Å². The summed E-state index contributed by atoms with van der Waals surface area (Å²) in [5, 5.41) is 0. The first-order valence-electron chi connectivity index (χ1n) is 6.27. The molecule has 5 nitrogen and oxygen atoms in total. The van der Waals surface area contributed by atoms with Gasteiger partial charge in [0.15, 0.2) is 0 Å². The van der Waals surface area contributed by atoms with Crippen molar-refractivity contribution in [2.24, 2.45) is 0 Å². The second-order valence-electron chi connectivity index (χ2n) is 4.52. The van der Waals surface area contributed by atoms with Crippen LogP contribution in [-0.2, 0) is 10.0 Å². The first-order chi connectivity index (χ1) is 9.01. The molecule has 1 aromatic heterocycles. The molecule has 1 aromatic rings. The molecule has 1 saturated heterocycles. The molecule has 1 unspecified atom stereocenters. The molecule has 0 aliphatic carbocycles. The van der Waals surface area contributed by atoms with Crippen molar-refractivity contribution >= 4 is 26.0 Å². The van der Waals surface area contributed by atoms with Crippen molar-refractivity contribution in [2.45, 2.75) is 25.9 Å². The maximum Gasteiger partial charge on any atom is 0.214 e. The highest BCUT2D eigenvalue weighted by Gasteiger charge is 2.31. The van der Waals surface area contributed by atoms with Gasteiger partial charge >= 0.3 is 0 Å². The van der Waals surface area contributed by atoms with Crippen molar-refractivity contribution < 1.29 is 13.2 Å². The van der Waals surface area contributed by atoms with E-state index < -0.39 is 10.0 Å². The lowest BCUT2D eigenvalue weighted by atomic mass is 10.3. The minimum Gasteiger partial charge on any atom is -0.473 e. The van der Waals surface area contributed by atoms with Crippen LogP contribution >= 0.6 is 15.9 Å². The van der Waals surface area contributed by atoms with Crippen molar-refractivity contribution in [3.05, 3.63) is 22.8 Å². The summed E-state index contributed by atoms with van der Waals surface area (Å²) >= 11 is 3.31. The zero-order valence-corrected chi connectivity index (χ0v) is 13.2. The van der Waals surface area contributed by atoms with E-state index in [4.69, 9.17) is 4.74 Å². The van der Waals surface area contributed by atoms with Gasteiger partial charge in [-0.15, -0.1) is 0 Å². The van der Waals surface area contributed by atoms with Crippen molar-refractivity contribution in [1.82, 2.24) is 9.29 Å². The van der Waals surface area contributed by atoms with Gasteiger partial charge in [-0.2, -0.15) is 4.31 Å². The quantitative estimate of drug-likeness (QED) is 0.816. The molecule has 0 aromatic carbocycles. The molecule has 1 aliphatic rings. The van der Waals surface area contributed by atoms with E-state index in [0.717, 1.165) is 4.47 Å². The highest BCUT2D eigenvalue weighted by Crippen LogP contribution is 2.20. The number of pyridine rings is 1. The Kier molecular flexibility index (Phi) is 4.81. The number of aromatic nitrogens is 1. The Morgan fingerprint density at radius 3 is 2.95 bits per heavy atom. The third-order valence-corrected chi connectivity index (χ3v) is 5.46. The van der Waals surface area contributed by atoms with E-state index in [2.05, 4.69) is 20.9 Å². The summed E-state index contributed by atoms with van der Waals surface area (Å²) in [5.41, 5.74) is 0. The Morgan fingerprint density at radius 1 is 1.53 bits per heavy atom. The summed E-state index contributed by atoms with van der Waals surface area (Å²) in [6, 6.07) is 3.62. The third kappa shape index (κ3) is 3.90. The summed E-state index contributed by atoms with van der Waals surface area (Å²) in [6.45, 7) is 2.82. The molecule has 0 bridgehead atoms. The van der Waals surface area contributed by atoms with Gasteiger partial charge in [-0.05, 0) is 34.8 Å². The van der Waals surface area contributed by atoms with Crippen molar-refractivity contribution in [2.75, 3.05) is 18.8 Å². The molecule has 2 rings (SSSR count). The minimum atomic E-state index is -3.12. The highest BCUT2D eigenvalue weighted by molar-refractivity contribution is 9.10. The molecular weight excluding hydrogens is 332 g/mol. The molecule has 1 atom stereocenters. The smallest absolute Gasteiger partial charge is 0.214 e. The third-order valence-electron chi connectivity index (χ3n) is 2.95. The average Bonchev–Trinajstić information content (AvgIpc) is 2.81. The van der Waals surface area contributed by atoms with Gasteiger partial charge in [-0.25, -0.2) is 13.4 Å². The molecule has 2 heterocycles. The molecule has 0 spiro atoms. The monoisotopic (exact) mass is 348 g/mol. The van der Waals surface area contributed by atoms with E-state index in [-0.39, 0.29) is 11.9 Å². The zero-order chi connectivity index (χ0) is 13.9. The number of hydrogen-bond acceptors (Lipinski definition) is 4. The number of hydrogen-bond donors (Lipinski definition) is 0. The van der Waals surface area contributed by atoms with E-state index >= 15 is 0 Å². The Labute approximate surface area is 122 Å². The average molecular weight is 349 g/mol. The first-order valence-corrected chi connectivity index (χ1v) is 8.67. The number of ether oxygens (including phenoxy) is 1. The van der Waals surface area contributed by atoms with E-state index in [0.29, 0.717) is 31.8 Å². The SMILES string of the molecule is CCCS(=O)(=O)N1CCC(Oc2ccc(Br)cn2)C1. The van der Waals surface area contributed by atoms with Crippen LogP contribution in [0.15, 0.2) is 22.8 Å². The van der Waals surface area contributed by atoms with Crippen molar-refractivity contribution in [3.8, 4) is 5.88 Å². The summed E-state index contributed by atoms with van der Waals surface area (Å²) in [7, 11) is -3.12. The Bertz CT molecular complexity index is 518. The number of halogens is 1. The molecular formula is C12H17BrN2O3S. The van der Waals surface area contributed by atoms with Gasteiger partial charge in [0.2, 0.25) is 15.9 Å². The van der Waals surface area contributed by atoms with Crippen LogP contribution < -0.4 is 4.74 Å². The topological polar surface area (TPSA) is 59.5 Å². The molecule has 1 aliphatic heterocycles. The maximum absolute atomic E-state index is 11.9. The van der Waals surface area contributed by atoms with Gasteiger partial charge < -0.3 is 4.74 Å². The molecule has 19 heavy (non-hydrogen) atoms. The van der Waals surface area contributed by atoms with Crippen LogP contribution in [-0.4, -0.2) is 42.7 Å². The Morgan fingerprint density at radius 2 is 2.32 bits per heavy atom. The molecule has 1 fully saturated rings. The predicted octanol–water partition coefficient (Wildman–Crippen LogP) is 2.04. The minimum absolute atomic E-state index is 0.111. The maximum atomic E-state index is 11.9. The van der Waals surface area contributed by atoms with Crippen LogP contribution in [0.5, 0.6) is 5.88 Å². The fourth-order valence-electron chi connectivity index (χ4n) is 2.04. The summed E-state index contributed by atoms with van der Waals surface area (Å²) in [5.74, 6) is 0.735. The van der Waals surface area contributed by atoms with Gasteiger partial charge in [0.1, 0.15) is 6.10 Å². The van der Waals surface area contributed by atoms with Crippen LogP contribution in [0.3, 0.4) is 0 Å². The fraction of sp³-hybridized carbons (Fsp3) is 0.583. The normalized spacial score (nSPS) is 20.6. The van der Waals surface area contributed by atoms with E-state index in [1.807, 2.05) is 13.0 Å². The zero-order valence-electron chi connectivity index (χ0n) is 10.8. The number of nitrogens with zero attached hydrogens (tertiary/aromatic N) is 2. The second kappa shape index (κ2) is 6.19.